The summed E-state index contributed by atoms with van der Waals surface area (Å²) in [6.45, 7) is 1.84. The highest BCUT2D eigenvalue weighted by molar-refractivity contribution is 6.21. The maximum absolute atomic E-state index is 12.5. The van der Waals surface area contributed by atoms with Crippen LogP contribution in [-0.4, -0.2) is 72.8 Å². The number of rotatable bonds is 8. The number of imide groups is 1. The number of amides is 4. The number of methoxy groups -OCH3 is 1. The van der Waals surface area contributed by atoms with E-state index < -0.39 is 0 Å². The van der Waals surface area contributed by atoms with Crippen LogP contribution in [0.4, 0.5) is 0 Å². The Morgan fingerprint density at radius 1 is 1.07 bits per heavy atom. The highest BCUT2D eigenvalue weighted by atomic mass is 16.5. The molecule has 4 amide bonds. The normalized spacial score (nSPS) is 16.9. The Morgan fingerprint density at radius 2 is 1.69 bits per heavy atom. The van der Waals surface area contributed by atoms with Crippen molar-refractivity contribution >= 4 is 23.6 Å². The van der Waals surface area contributed by atoms with Gasteiger partial charge in [0.05, 0.1) is 17.7 Å². The van der Waals surface area contributed by atoms with Crippen LogP contribution in [0.15, 0.2) is 24.3 Å². The van der Waals surface area contributed by atoms with Gasteiger partial charge in [0.1, 0.15) is 0 Å². The molecule has 3 rings (SSSR count). The van der Waals surface area contributed by atoms with E-state index in [2.05, 4.69) is 5.32 Å². The van der Waals surface area contributed by atoms with Crippen LogP contribution in [0, 0.1) is 0 Å². The second kappa shape index (κ2) is 9.65. The molecule has 2 aliphatic heterocycles. The van der Waals surface area contributed by atoms with Gasteiger partial charge in [-0.2, -0.15) is 0 Å². The smallest absolute Gasteiger partial charge is 0.261 e. The lowest BCUT2D eigenvalue weighted by Crippen LogP contribution is -2.46. The van der Waals surface area contributed by atoms with E-state index in [4.69, 9.17) is 4.74 Å². The predicted molar refractivity (Wildman–Crippen MR) is 105 cm³/mol. The summed E-state index contributed by atoms with van der Waals surface area (Å²) < 4.78 is 4.90. The van der Waals surface area contributed by atoms with Gasteiger partial charge in [-0.1, -0.05) is 12.1 Å². The average Bonchev–Trinajstić information content (AvgIpc) is 2.98. The van der Waals surface area contributed by atoms with E-state index in [9.17, 15) is 19.2 Å². The van der Waals surface area contributed by atoms with Crippen LogP contribution in [0.3, 0.4) is 0 Å². The topological polar surface area (TPSA) is 96.0 Å². The van der Waals surface area contributed by atoms with Crippen LogP contribution < -0.4 is 5.32 Å². The van der Waals surface area contributed by atoms with Crippen LogP contribution in [0.25, 0.3) is 0 Å². The van der Waals surface area contributed by atoms with Crippen molar-refractivity contribution < 1.29 is 23.9 Å². The highest BCUT2D eigenvalue weighted by Crippen LogP contribution is 2.23. The maximum atomic E-state index is 12.5. The Kier molecular flexibility index (Phi) is 6.98. The van der Waals surface area contributed by atoms with Crippen molar-refractivity contribution in [1.82, 2.24) is 15.1 Å². The fourth-order valence-electron chi connectivity index (χ4n) is 3.76. The Hall–Kier alpha value is -2.74. The average molecular weight is 401 g/mol. The molecule has 0 spiro atoms. The standard InChI is InChI=1S/C21H27N3O5/c1-29-14-10-18(25)22-15-8-12-23(13-9-15)19(26)7-4-11-24-20(27)16-5-2-3-6-17(16)21(24)28/h2-3,5-6,15H,4,7-14H2,1H3,(H,22,25). The molecular weight excluding hydrogens is 374 g/mol. The lowest BCUT2D eigenvalue weighted by atomic mass is 10.0. The second-order valence-corrected chi connectivity index (χ2v) is 7.38. The monoisotopic (exact) mass is 401 g/mol. The van der Waals surface area contributed by atoms with Crippen LogP contribution >= 0.6 is 0 Å². The van der Waals surface area contributed by atoms with Crippen molar-refractivity contribution in [2.24, 2.45) is 0 Å². The summed E-state index contributed by atoms with van der Waals surface area (Å²) in [7, 11) is 1.56. The summed E-state index contributed by atoms with van der Waals surface area (Å²) in [5.41, 5.74) is 0.858. The highest BCUT2D eigenvalue weighted by Gasteiger charge is 2.34. The minimum absolute atomic E-state index is 0.0192. The molecule has 0 aromatic heterocycles. The molecule has 0 bridgehead atoms. The zero-order chi connectivity index (χ0) is 20.8. The van der Waals surface area contributed by atoms with Crippen molar-refractivity contribution in [3.05, 3.63) is 35.4 Å². The molecule has 8 nitrogen and oxygen atoms in total. The first-order valence-electron chi connectivity index (χ1n) is 10.0. The predicted octanol–water partition coefficient (Wildman–Crippen LogP) is 1.21. The van der Waals surface area contributed by atoms with E-state index in [1.54, 1.807) is 36.3 Å². The van der Waals surface area contributed by atoms with Gasteiger partial charge >= 0.3 is 0 Å². The van der Waals surface area contributed by atoms with Crippen molar-refractivity contribution in [3.8, 4) is 0 Å². The lowest BCUT2D eigenvalue weighted by molar-refractivity contribution is -0.132. The van der Waals surface area contributed by atoms with Crippen molar-refractivity contribution in [3.63, 3.8) is 0 Å². The minimum atomic E-state index is -0.289. The lowest BCUT2D eigenvalue weighted by Gasteiger charge is -2.32. The summed E-state index contributed by atoms with van der Waals surface area (Å²) in [4.78, 5) is 51.9. The molecule has 8 heteroatoms. The Bertz CT molecular complexity index is 751. The van der Waals surface area contributed by atoms with E-state index in [1.807, 2.05) is 0 Å². The Balaban J connectivity index is 1.38. The van der Waals surface area contributed by atoms with Gasteiger partial charge in [-0.3, -0.25) is 24.1 Å². The summed E-state index contributed by atoms with van der Waals surface area (Å²) in [6, 6.07) is 6.86. The number of hydrogen-bond acceptors (Lipinski definition) is 5. The molecule has 0 atom stereocenters. The van der Waals surface area contributed by atoms with Crippen LogP contribution in [-0.2, 0) is 14.3 Å². The number of carbonyl (C=O) groups is 4. The molecule has 1 aromatic rings. The molecule has 29 heavy (non-hydrogen) atoms. The van der Waals surface area contributed by atoms with Crippen LogP contribution in [0.1, 0.15) is 52.8 Å². The maximum Gasteiger partial charge on any atom is 0.261 e. The third kappa shape index (κ3) is 5.00. The largest absolute Gasteiger partial charge is 0.384 e. The number of nitrogens with zero attached hydrogens (tertiary/aromatic N) is 2. The van der Waals surface area contributed by atoms with Gasteiger partial charge in [0, 0.05) is 45.6 Å². The summed E-state index contributed by atoms with van der Waals surface area (Å²) in [5, 5.41) is 2.97. The molecule has 2 aliphatic rings. The van der Waals surface area contributed by atoms with Gasteiger partial charge in [-0.05, 0) is 31.4 Å². The number of ether oxygens (including phenoxy) is 1. The van der Waals surface area contributed by atoms with E-state index >= 15 is 0 Å². The first-order chi connectivity index (χ1) is 14.0. The molecule has 1 saturated heterocycles. The fraction of sp³-hybridized carbons (Fsp3) is 0.524. The van der Waals surface area contributed by atoms with Gasteiger partial charge in [0.2, 0.25) is 11.8 Å². The van der Waals surface area contributed by atoms with E-state index in [0.29, 0.717) is 43.7 Å². The van der Waals surface area contributed by atoms with E-state index in [-0.39, 0.29) is 42.6 Å². The Labute approximate surface area is 170 Å². The number of piperidine rings is 1. The number of likely N-dealkylation sites (tertiary alicyclic amines) is 1. The molecule has 2 heterocycles. The molecular formula is C21H27N3O5. The van der Waals surface area contributed by atoms with Gasteiger partial charge in [0.25, 0.3) is 11.8 Å². The van der Waals surface area contributed by atoms with Crippen molar-refractivity contribution in [1.29, 1.82) is 0 Å². The molecule has 0 radical (unpaired) electrons. The molecule has 0 saturated carbocycles. The third-order valence-electron chi connectivity index (χ3n) is 5.40. The first-order valence-corrected chi connectivity index (χ1v) is 10.0. The minimum Gasteiger partial charge on any atom is -0.384 e. The SMILES string of the molecule is COCCC(=O)NC1CCN(C(=O)CCCN2C(=O)c3ccccc3C2=O)CC1. The van der Waals surface area contributed by atoms with Gasteiger partial charge in [-0.15, -0.1) is 0 Å². The Morgan fingerprint density at radius 3 is 2.28 bits per heavy atom. The third-order valence-corrected chi connectivity index (χ3v) is 5.40. The number of hydrogen-bond donors (Lipinski definition) is 1. The molecule has 1 N–H and O–H groups in total. The number of benzene rings is 1. The molecule has 0 unspecified atom stereocenters. The van der Waals surface area contributed by atoms with E-state index in [1.165, 1.54) is 4.90 Å². The zero-order valence-corrected chi connectivity index (χ0v) is 16.7. The summed E-state index contributed by atoms with van der Waals surface area (Å²) in [5.74, 6) is -0.588. The molecule has 1 fully saturated rings. The molecule has 1 aromatic carbocycles. The number of fused-ring (bicyclic) bond motifs is 1. The first kappa shape index (κ1) is 21.0. The summed E-state index contributed by atoms with van der Waals surface area (Å²) in [6.07, 6.45) is 2.52. The van der Waals surface area contributed by atoms with Gasteiger partial charge in [0.15, 0.2) is 0 Å². The van der Waals surface area contributed by atoms with Crippen molar-refractivity contribution in [2.45, 2.75) is 38.1 Å². The van der Waals surface area contributed by atoms with E-state index in [0.717, 1.165) is 12.8 Å². The van der Waals surface area contributed by atoms with Crippen molar-refractivity contribution in [2.75, 3.05) is 33.4 Å². The van der Waals surface area contributed by atoms with Crippen LogP contribution in [0.5, 0.6) is 0 Å². The second-order valence-electron chi connectivity index (χ2n) is 7.38. The van der Waals surface area contributed by atoms with Gasteiger partial charge < -0.3 is 15.0 Å². The zero-order valence-electron chi connectivity index (χ0n) is 16.7. The van der Waals surface area contributed by atoms with Crippen LogP contribution in [0.2, 0.25) is 0 Å². The quantitative estimate of drug-likeness (QED) is 0.661. The molecule has 0 aliphatic carbocycles. The number of carbonyl (C=O) groups excluding carboxylic acids is 4. The number of nitrogens with one attached hydrogen (secondary N) is 1. The molecule has 156 valence electrons. The summed E-state index contributed by atoms with van der Waals surface area (Å²) >= 11 is 0. The van der Waals surface area contributed by atoms with Gasteiger partial charge in [-0.25, -0.2) is 0 Å². The fourth-order valence-corrected chi connectivity index (χ4v) is 3.76.